The van der Waals surface area contributed by atoms with Crippen molar-refractivity contribution in [2.75, 3.05) is 20.6 Å². The molecule has 10 nitrogen and oxygen atoms in total. The summed E-state index contributed by atoms with van der Waals surface area (Å²) < 4.78 is 1.61. The van der Waals surface area contributed by atoms with Crippen molar-refractivity contribution in [3.05, 3.63) is 121 Å². The number of aromatic nitrogens is 1. The normalized spacial score (nSPS) is 11.1. The summed E-state index contributed by atoms with van der Waals surface area (Å²) in [5.41, 5.74) is 2.77. The highest BCUT2D eigenvalue weighted by atomic mass is 16.6. The molecule has 0 bridgehead atoms. The third-order valence-corrected chi connectivity index (χ3v) is 5.70. The molecule has 0 spiro atoms. The molecule has 0 radical (unpaired) electrons. The van der Waals surface area contributed by atoms with Crippen LogP contribution in [0.15, 0.2) is 72.9 Å². The average Bonchev–Trinajstić information content (AvgIpc) is 3.22. The third kappa shape index (κ3) is 5.03. The Hall–Kier alpha value is -4.70. The molecule has 36 heavy (non-hydrogen) atoms. The van der Waals surface area contributed by atoms with E-state index in [0.29, 0.717) is 17.5 Å². The summed E-state index contributed by atoms with van der Waals surface area (Å²) in [6.07, 6.45) is 2.15. The zero-order chi connectivity index (χ0) is 26.0. The van der Waals surface area contributed by atoms with Crippen LogP contribution in [0.25, 0.3) is 5.52 Å². The summed E-state index contributed by atoms with van der Waals surface area (Å²) >= 11 is 0. The summed E-state index contributed by atoms with van der Waals surface area (Å²) in [4.78, 5) is 49.2. The van der Waals surface area contributed by atoms with Crippen molar-refractivity contribution < 1.29 is 19.4 Å². The molecule has 4 aromatic rings. The summed E-state index contributed by atoms with van der Waals surface area (Å²) in [6.45, 7) is 0.136. The van der Waals surface area contributed by atoms with Gasteiger partial charge in [-0.15, -0.1) is 0 Å². The first kappa shape index (κ1) is 24.4. The van der Waals surface area contributed by atoms with E-state index in [2.05, 4.69) is 0 Å². The van der Waals surface area contributed by atoms with E-state index in [4.69, 9.17) is 0 Å². The van der Waals surface area contributed by atoms with Crippen LogP contribution in [-0.4, -0.2) is 51.4 Å². The predicted octanol–water partition coefficient (Wildman–Crippen LogP) is 4.32. The van der Waals surface area contributed by atoms with Gasteiger partial charge in [-0.05, 0) is 49.8 Å². The van der Waals surface area contributed by atoms with Crippen LogP contribution in [-0.2, 0) is 6.42 Å². The molecule has 0 saturated carbocycles. The van der Waals surface area contributed by atoms with Gasteiger partial charge in [0.1, 0.15) is 0 Å². The third-order valence-electron chi connectivity index (χ3n) is 5.70. The number of benzene rings is 2. The van der Waals surface area contributed by atoms with Gasteiger partial charge >= 0.3 is 0 Å². The van der Waals surface area contributed by atoms with Crippen LogP contribution in [0.3, 0.4) is 0 Å². The second-order valence-corrected chi connectivity index (χ2v) is 8.63. The number of nitrogens with zero attached hydrogens (tertiary/aromatic N) is 4. The number of carbonyl (C=O) groups excluding carboxylic acids is 2. The molecule has 2 aromatic heterocycles. The van der Waals surface area contributed by atoms with Crippen LogP contribution in [0.2, 0.25) is 0 Å². The van der Waals surface area contributed by atoms with E-state index in [-0.39, 0.29) is 35.0 Å². The smallest absolute Gasteiger partial charge is 0.270 e. The highest BCUT2D eigenvalue weighted by Crippen LogP contribution is 2.25. The van der Waals surface area contributed by atoms with E-state index in [1.54, 1.807) is 47.8 Å². The Balaban J connectivity index is 1.77. The van der Waals surface area contributed by atoms with Crippen LogP contribution < -0.4 is 0 Å². The van der Waals surface area contributed by atoms with E-state index in [1.165, 1.54) is 42.5 Å². The van der Waals surface area contributed by atoms with Gasteiger partial charge in [0.05, 0.1) is 27.6 Å². The standard InChI is InChI=1S/C26H22N4O6/c1-27(2)16-25(31)22-15-24(26(32)19-4-3-5-21(14-19)30(35)36)28-11-10-18(13-23(22)28)12-17-6-8-20(9-7-17)29(33)34/h3-11,13-15H,12,16H2,1-2H3. The molecule has 0 aliphatic heterocycles. The van der Waals surface area contributed by atoms with E-state index < -0.39 is 15.6 Å². The van der Waals surface area contributed by atoms with Crippen molar-refractivity contribution in [2.24, 2.45) is 0 Å². The molecule has 0 N–H and O–H groups in total. The zero-order valence-electron chi connectivity index (χ0n) is 19.6. The Bertz CT molecular complexity index is 1500. The fraction of sp³-hybridized carbons (Fsp3) is 0.154. The minimum absolute atomic E-state index is 0.00154. The van der Waals surface area contributed by atoms with Crippen molar-refractivity contribution in [1.29, 1.82) is 0 Å². The second-order valence-electron chi connectivity index (χ2n) is 8.63. The predicted molar refractivity (Wildman–Crippen MR) is 133 cm³/mol. The largest absolute Gasteiger partial charge is 0.313 e. The van der Waals surface area contributed by atoms with Crippen LogP contribution in [0.1, 0.15) is 37.5 Å². The summed E-state index contributed by atoms with van der Waals surface area (Å²) in [5, 5.41) is 22.1. The Morgan fingerprint density at radius 3 is 2.19 bits per heavy atom. The van der Waals surface area contributed by atoms with Gasteiger partial charge in [0.15, 0.2) is 5.78 Å². The van der Waals surface area contributed by atoms with Gasteiger partial charge in [-0.1, -0.05) is 24.3 Å². The Labute approximate surface area is 205 Å². The molecule has 0 fully saturated rings. The van der Waals surface area contributed by atoms with Crippen molar-refractivity contribution in [3.63, 3.8) is 0 Å². The molecular weight excluding hydrogens is 464 g/mol. The fourth-order valence-electron chi connectivity index (χ4n) is 4.00. The first-order valence-electron chi connectivity index (χ1n) is 11.0. The summed E-state index contributed by atoms with van der Waals surface area (Å²) in [7, 11) is 3.54. The van der Waals surface area contributed by atoms with Gasteiger partial charge in [0.25, 0.3) is 11.4 Å². The number of nitro benzene ring substituents is 2. The fourth-order valence-corrected chi connectivity index (χ4v) is 4.00. The van der Waals surface area contributed by atoms with E-state index in [0.717, 1.165) is 11.1 Å². The quantitative estimate of drug-likeness (QED) is 0.196. The molecule has 10 heteroatoms. The van der Waals surface area contributed by atoms with E-state index in [1.807, 2.05) is 6.07 Å². The lowest BCUT2D eigenvalue weighted by atomic mass is 10.0. The number of non-ortho nitro benzene ring substituents is 2. The van der Waals surface area contributed by atoms with Crippen LogP contribution >= 0.6 is 0 Å². The first-order valence-corrected chi connectivity index (χ1v) is 11.0. The molecule has 0 amide bonds. The molecule has 0 saturated heterocycles. The van der Waals surface area contributed by atoms with E-state index in [9.17, 15) is 29.8 Å². The second kappa shape index (κ2) is 9.88. The van der Waals surface area contributed by atoms with Gasteiger partial charge < -0.3 is 9.30 Å². The van der Waals surface area contributed by atoms with Crippen molar-refractivity contribution >= 4 is 28.5 Å². The molecule has 2 heterocycles. The highest BCUT2D eigenvalue weighted by Gasteiger charge is 2.22. The van der Waals surface area contributed by atoms with Crippen LogP contribution in [0, 0.1) is 20.2 Å². The minimum Gasteiger partial charge on any atom is -0.313 e. The number of rotatable bonds is 9. The van der Waals surface area contributed by atoms with Crippen molar-refractivity contribution in [1.82, 2.24) is 9.30 Å². The van der Waals surface area contributed by atoms with Gasteiger partial charge in [-0.25, -0.2) is 0 Å². The highest BCUT2D eigenvalue weighted by molar-refractivity contribution is 6.13. The van der Waals surface area contributed by atoms with Crippen molar-refractivity contribution in [3.8, 4) is 0 Å². The lowest BCUT2D eigenvalue weighted by molar-refractivity contribution is -0.385. The number of pyridine rings is 1. The van der Waals surface area contributed by atoms with Crippen LogP contribution in [0.5, 0.6) is 0 Å². The van der Waals surface area contributed by atoms with Gasteiger partial charge in [-0.3, -0.25) is 29.8 Å². The molecule has 2 aromatic carbocycles. The Morgan fingerprint density at radius 2 is 1.56 bits per heavy atom. The topological polar surface area (TPSA) is 128 Å². The number of ketones is 2. The molecule has 4 rings (SSSR count). The SMILES string of the molecule is CN(C)CC(=O)c1cc(C(=O)c2cccc([N+](=O)[O-])c2)n2ccc(Cc3ccc([N+](=O)[O-])cc3)cc12. The molecule has 0 aliphatic carbocycles. The number of Topliss-reactive ketones (excluding diaryl/α,β-unsaturated/α-hetero) is 1. The summed E-state index contributed by atoms with van der Waals surface area (Å²) in [6, 6.07) is 16.8. The Kier molecular flexibility index (Phi) is 6.71. The number of carbonyl (C=O) groups is 2. The first-order chi connectivity index (χ1) is 17.1. The monoisotopic (exact) mass is 486 g/mol. The number of fused-ring (bicyclic) bond motifs is 1. The lowest BCUT2D eigenvalue weighted by Crippen LogP contribution is -2.21. The summed E-state index contributed by atoms with van der Waals surface area (Å²) in [5.74, 6) is -0.621. The number of hydrogen-bond acceptors (Lipinski definition) is 7. The van der Waals surface area contributed by atoms with Gasteiger partial charge in [-0.2, -0.15) is 0 Å². The van der Waals surface area contributed by atoms with Gasteiger partial charge in [0, 0.05) is 41.6 Å². The average molecular weight is 486 g/mol. The van der Waals surface area contributed by atoms with Gasteiger partial charge in [0.2, 0.25) is 5.78 Å². The number of likely N-dealkylation sites (N-methyl/N-ethyl adjacent to an activating group) is 1. The maximum absolute atomic E-state index is 13.3. The molecule has 0 aliphatic rings. The minimum atomic E-state index is -0.566. The molecule has 182 valence electrons. The molecular formula is C26H22N4O6. The van der Waals surface area contributed by atoms with Crippen LogP contribution in [0.4, 0.5) is 11.4 Å². The molecule has 0 unspecified atom stereocenters. The zero-order valence-corrected chi connectivity index (χ0v) is 19.6. The number of hydrogen-bond donors (Lipinski definition) is 0. The maximum atomic E-state index is 13.3. The number of nitro groups is 2. The van der Waals surface area contributed by atoms with E-state index >= 15 is 0 Å². The lowest BCUT2D eigenvalue weighted by Gasteiger charge is -2.09. The molecule has 0 atom stereocenters. The Morgan fingerprint density at radius 1 is 0.861 bits per heavy atom. The van der Waals surface area contributed by atoms with Crippen molar-refractivity contribution in [2.45, 2.75) is 6.42 Å². The maximum Gasteiger partial charge on any atom is 0.270 e.